The van der Waals surface area contributed by atoms with Crippen molar-refractivity contribution >= 4 is 0 Å². The molecular weight excluding hydrogens is 136 g/mol. The summed E-state index contributed by atoms with van der Waals surface area (Å²) in [5, 5.41) is 3.17. The van der Waals surface area contributed by atoms with E-state index in [4.69, 9.17) is 5.73 Å². The van der Waals surface area contributed by atoms with Crippen LogP contribution in [0.5, 0.6) is 0 Å². The van der Waals surface area contributed by atoms with Crippen molar-refractivity contribution in [3.8, 4) is 0 Å². The van der Waals surface area contributed by atoms with Gasteiger partial charge < -0.3 is 11.1 Å². The van der Waals surface area contributed by atoms with Crippen LogP contribution in [0.4, 0.5) is 0 Å². The van der Waals surface area contributed by atoms with E-state index in [2.05, 4.69) is 18.3 Å². The summed E-state index contributed by atoms with van der Waals surface area (Å²) in [6, 6.07) is 0.301. The first-order valence-corrected chi connectivity index (χ1v) is 4.00. The summed E-state index contributed by atoms with van der Waals surface area (Å²) in [4.78, 5) is 0. The fourth-order valence-electron chi connectivity index (χ4n) is 1.04. The van der Waals surface area contributed by atoms with Crippen molar-refractivity contribution < 1.29 is 0 Å². The fraction of sp³-hybridized carbons (Fsp3) is 0.556. The molecular formula is C9H18N2. The zero-order valence-corrected chi connectivity index (χ0v) is 7.59. The molecule has 0 rings (SSSR count). The lowest BCUT2D eigenvalue weighted by molar-refractivity contribution is 0.723. The lowest BCUT2D eigenvalue weighted by atomic mass is 10.1. The van der Waals surface area contributed by atoms with Crippen LogP contribution in [0.1, 0.15) is 20.3 Å². The zero-order valence-electron chi connectivity index (χ0n) is 7.59. The predicted molar refractivity (Wildman–Crippen MR) is 50.2 cm³/mol. The first-order chi connectivity index (χ1) is 5.29. The van der Waals surface area contributed by atoms with Crippen LogP contribution < -0.4 is 11.1 Å². The molecule has 0 aromatic carbocycles. The SMILES string of the molecule is CC=CC(NC)/C(=C/N)CC. The molecule has 0 saturated heterocycles. The first kappa shape index (κ1) is 10.2. The molecule has 0 radical (unpaired) electrons. The first-order valence-electron chi connectivity index (χ1n) is 4.00. The topological polar surface area (TPSA) is 38.0 Å². The summed E-state index contributed by atoms with van der Waals surface area (Å²) in [7, 11) is 1.93. The van der Waals surface area contributed by atoms with Gasteiger partial charge in [0, 0.05) is 6.04 Å². The van der Waals surface area contributed by atoms with Gasteiger partial charge in [-0.05, 0) is 32.2 Å². The van der Waals surface area contributed by atoms with Crippen molar-refractivity contribution in [3.05, 3.63) is 23.9 Å². The van der Waals surface area contributed by atoms with E-state index >= 15 is 0 Å². The van der Waals surface area contributed by atoms with E-state index in [0.717, 1.165) is 6.42 Å². The van der Waals surface area contributed by atoms with Crippen molar-refractivity contribution in [2.75, 3.05) is 7.05 Å². The largest absolute Gasteiger partial charge is 0.405 e. The number of allylic oxidation sites excluding steroid dienone is 1. The van der Waals surface area contributed by atoms with Crippen molar-refractivity contribution in [1.29, 1.82) is 0 Å². The molecule has 1 unspecified atom stereocenters. The van der Waals surface area contributed by atoms with Gasteiger partial charge >= 0.3 is 0 Å². The van der Waals surface area contributed by atoms with E-state index in [9.17, 15) is 0 Å². The Morgan fingerprint density at radius 2 is 2.27 bits per heavy atom. The second-order valence-electron chi connectivity index (χ2n) is 2.39. The molecule has 2 heteroatoms. The molecule has 64 valence electrons. The molecule has 0 amide bonds. The van der Waals surface area contributed by atoms with E-state index in [0.29, 0.717) is 6.04 Å². The Morgan fingerprint density at radius 3 is 2.55 bits per heavy atom. The van der Waals surface area contributed by atoms with Crippen LogP contribution in [-0.2, 0) is 0 Å². The van der Waals surface area contributed by atoms with Crippen LogP contribution in [0.25, 0.3) is 0 Å². The molecule has 2 nitrogen and oxygen atoms in total. The number of nitrogens with two attached hydrogens (primary N) is 1. The molecule has 0 aliphatic carbocycles. The number of hydrogen-bond acceptors (Lipinski definition) is 2. The van der Waals surface area contributed by atoms with E-state index < -0.39 is 0 Å². The summed E-state index contributed by atoms with van der Waals surface area (Å²) in [5.41, 5.74) is 6.68. The monoisotopic (exact) mass is 154 g/mol. The van der Waals surface area contributed by atoms with Crippen molar-refractivity contribution in [1.82, 2.24) is 5.32 Å². The summed E-state index contributed by atoms with van der Waals surface area (Å²) < 4.78 is 0. The molecule has 0 heterocycles. The quantitative estimate of drug-likeness (QED) is 0.601. The number of rotatable bonds is 4. The van der Waals surface area contributed by atoms with Gasteiger partial charge in [0.05, 0.1) is 0 Å². The Labute approximate surface area is 69.2 Å². The van der Waals surface area contributed by atoms with Crippen molar-refractivity contribution in [2.45, 2.75) is 26.3 Å². The third-order valence-electron chi connectivity index (χ3n) is 1.72. The Morgan fingerprint density at radius 1 is 1.64 bits per heavy atom. The van der Waals surface area contributed by atoms with Gasteiger partial charge in [0.15, 0.2) is 0 Å². The van der Waals surface area contributed by atoms with E-state index in [1.807, 2.05) is 20.0 Å². The summed E-state index contributed by atoms with van der Waals surface area (Å²) in [6.07, 6.45) is 6.80. The van der Waals surface area contributed by atoms with E-state index in [-0.39, 0.29) is 0 Å². The highest BCUT2D eigenvalue weighted by atomic mass is 14.9. The lowest BCUT2D eigenvalue weighted by Gasteiger charge is -2.13. The van der Waals surface area contributed by atoms with Gasteiger partial charge in [-0.1, -0.05) is 19.1 Å². The molecule has 3 N–H and O–H groups in total. The highest BCUT2D eigenvalue weighted by Crippen LogP contribution is 2.06. The standard InChI is InChI=1S/C9H18N2/c1-4-6-9(11-3)8(5-2)7-10/h4,6-7,9,11H,5,10H2,1-3H3/b6-4?,8-7+. The Hall–Kier alpha value is -0.760. The van der Waals surface area contributed by atoms with Crippen LogP contribution in [0.2, 0.25) is 0 Å². The molecule has 11 heavy (non-hydrogen) atoms. The van der Waals surface area contributed by atoms with Gasteiger partial charge in [-0.3, -0.25) is 0 Å². The normalized spacial score (nSPS) is 15.7. The maximum absolute atomic E-state index is 5.45. The van der Waals surface area contributed by atoms with E-state index in [1.165, 1.54) is 5.57 Å². The zero-order chi connectivity index (χ0) is 8.69. The smallest absolute Gasteiger partial charge is 0.0479 e. The van der Waals surface area contributed by atoms with Crippen LogP contribution in [0, 0.1) is 0 Å². The van der Waals surface area contributed by atoms with Crippen LogP contribution in [0.3, 0.4) is 0 Å². The molecule has 0 aromatic heterocycles. The molecule has 0 fully saturated rings. The van der Waals surface area contributed by atoms with Gasteiger partial charge in [0.1, 0.15) is 0 Å². The molecule has 0 aliphatic rings. The minimum atomic E-state index is 0.301. The summed E-state index contributed by atoms with van der Waals surface area (Å²) >= 11 is 0. The third kappa shape index (κ3) is 3.23. The number of nitrogens with one attached hydrogen (secondary N) is 1. The van der Waals surface area contributed by atoms with Crippen LogP contribution >= 0.6 is 0 Å². The van der Waals surface area contributed by atoms with E-state index in [1.54, 1.807) is 6.20 Å². The average Bonchev–Trinajstić information content (AvgIpc) is 2.05. The molecule has 1 atom stereocenters. The van der Waals surface area contributed by atoms with Gasteiger partial charge in [-0.2, -0.15) is 0 Å². The molecule has 0 aromatic rings. The predicted octanol–water partition coefficient (Wildman–Crippen LogP) is 1.40. The summed E-state index contributed by atoms with van der Waals surface area (Å²) in [5.74, 6) is 0. The second kappa shape index (κ2) is 5.98. The molecule has 0 saturated carbocycles. The average molecular weight is 154 g/mol. The summed E-state index contributed by atoms with van der Waals surface area (Å²) in [6.45, 7) is 4.11. The van der Waals surface area contributed by atoms with Crippen LogP contribution in [0.15, 0.2) is 23.9 Å². The highest BCUT2D eigenvalue weighted by molar-refractivity contribution is 5.16. The fourth-order valence-corrected chi connectivity index (χ4v) is 1.04. The van der Waals surface area contributed by atoms with Gasteiger partial charge in [-0.25, -0.2) is 0 Å². The Kier molecular flexibility index (Phi) is 5.57. The molecule has 0 aliphatic heterocycles. The Bertz CT molecular complexity index is 148. The molecule has 0 bridgehead atoms. The lowest BCUT2D eigenvalue weighted by Crippen LogP contribution is -2.25. The maximum Gasteiger partial charge on any atom is 0.0479 e. The van der Waals surface area contributed by atoms with Gasteiger partial charge in [0.25, 0.3) is 0 Å². The minimum Gasteiger partial charge on any atom is -0.405 e. The molecule has 0 spiro atoms. The minimum absolute atomic E-state index is 0.301. The third-order valence-corrected chi connectivity index (χ3v) is 1.72. The van der Waals surface area contributed by atoms with Crippen LogP contribution in [-0.4, -0.2) is 13.1 Å². The number of likely N-dealkylation sites (N-methyl/N-ethyl adjacent to an activating group) is 1. The highest BCUT2D eigenvalue weighted by Gasteiger charge is 2.04. The second-order valence-corrected chi connectivity index (χ2v) is 2.39. The van der Waals surface area contributed by atoms with Gasteiger partial charge in [-0.15, -0.1) is 0 Å². The van der Waals surface area contributed by atoms with Crippen molar-refractivity contribution in [2.24, 2.45) is 5.73 Å². The van der Waals surface area contributed by atoms with Crippen molar-refractivity contribution in [3.63, 3.8) is 0 Å². The number of hydrogen-bond donors (Lipinski definition) is 2. The maximum atomic E-state index is 5.45. The van der Waals surface area contributed by atoms with Gasteiger partial charge in [0.2, 0.25) is 0 Å². The Balaban J connectivity index is 4.22.